The highest BCUT2D eigenvalue weighted by Crippen LogP contribution is 2.24. The zero-order chi connectivity index (χ0) is 8.97. The molecule has 0 amide bonds. The minimum absolute atomic E-state index is 0.696. The Hall–Kier alpha value is -0.260. The van der Waals surface area contributed by atoms with E-state index in [0.29, 0.717) is 11.0 Å². The van der Waals surface area contributed by atoms with Crippen LogP contribution in [0.2, 0.25) is 0 Å². The van der Waals surface area contributed by atoms with Crippen molar-refractivity contribution in [2.24, 2.45) is 5.11 Å². The quantitative estimate of drug-likeness (QED) is 0.256. The molecule has 0 bridgehead atoms. The zero-order valence-corrected chi connectivity index (χ0v) is 9.78. The number of alkyl halides is 1. The van der Waals surface area contributed by atoms with Gasteiger partial charge in [-0.05, 0) is 45.8 Å². The monoisotopic (exact) mass is 337 g/mol. The number of halogens is 2. The number of benzene rings is 1. The van der Waals surface area contributed by atoms with Crippen LogP contribution in [0, 0.1) is 3.57 Å². The van der Waals surface area contributed by atoms with Crippen molar-refractivity contribution in [3.63, 3.8) is 0 Å². The molecule has 0 fully saturated rings. The molecule has 0 unspecified atom stereocenters. The van der Waals surface area contributed by atoms with E-state index >= 15 is 0 Å². The van der Waals surface area contributed by atoms with Gasteiger partial charge in [-0.3, -0.25) is 0 Å². The Morgan fingerprint density at radius 3 is 2.92 bits per heavy atom. The molecule has 62 valence electrons. The summed E-state index contributed by atoms with van der Waals surface area (Å²) in [6.07, 6.45) is 0. The molecule has 0 spiro atoms. The topological polar surface area (TPSA) is 48.8 Å². The zero-order valence-electron chi connectivity index (χ0n) is 6.04. The van der Waals surface area contributed by atoms with E-state index in [9.17, 15) is 0 Å². The number of azide groups is 1. The van der Waals surface area contributed by atoms with Crippen LogP contribution < -0.4 is 0 Å². The lowest BCUT2D eigenvalue weighted by Gasteiger charge is -2.00. The first-order valence-electron chi connectivity index (χ1n) is 3.17. The summed E-state index contributed by atoms with van der Waals surface area (Å²) in [5.74, 6) is 0. The van der Waals surface area contributed by atoms with E-state index in [1.54, 1.807) is 0 Å². The van der Waals surface area contributed by atoms with E-state index in [0.717, 1.165) is 9.13 Å². The smallest absolute Gasteiger partial charge is 0.0426 e. The summed E-state index contributed by atoms with van der Waals surface area (Å²) >= 11 is 5.50. The van der Waals surface area contributed by atoms with Crippen LogP contribution in [0.3, 0.4) is 0 Å². The largest absolute Gasteiger partial charge is 0.0876 e. The summed E-state index contributed by atoms with van der Waals surface area (Å²) in [5.41, 5.74) is 9.97. The molecule has 0 radical (unpaired) electrons. The fraction of sp³-hybridized carbons (Fsp3) is 0.143. The van der Waals surface area contributed by atoms with Crippen LogP contribution in [0.1, 0.15) is 5.56 Å². The molecule has 0 heterocycles. The van der Waals surface area contributed by atoms with Crippen molar-refractivity contribution in [2.45, 2.75) is 5.33 Å². The molecule has 0 aliphatic carbocycles. The molecular weight excluding hydrogens is 333 g/mol. The first-order chi connectivity index (χ1) is 5.77. The molecule has 0 saturated heterocycles. The van der Waals surface area contributed by atoms with E-state index in [2.05, 4.69) is 48.5 Å². The molecule has 3 nitrogen and oxygen atoms in total. The summed E-state index contributed by atoms with van der Waals surface area (Å²) in [7, 11) is 0. The molecule has 0 aliphatic rings. The summed E-state index contributed by atoms with van der Waals surface area (Å²) in [6.45, 7) is 0. The van der Waals surface area contributed by atoms with Gasteiger partial charge < -0.3 is 0 Å². The number of rotatable bonds is 2. The lowest BCUT2D eigenvalue weighted by Crippen LogP contribution is -1.79. The second-order valence-electron chi connectivity index (χ2n) is 2.10. The van der Waals surface area contributed by atoms with Crippen molar-refractivity contribution >= 4 is 44.2 Å². The summed E-state index contributed by atoms with van der Waals surface area (Å²) < 4.78 is 1.07. The highest BCUT2D eigenvalue weighted by molar-refractivity contribution is 14.1. The van der Waals surface area contributed by atoms with Gasteiger partial charge in [-0.1, -0.05) is 27.1 Å². The molecular formula is C7H5BrIN3. The third-order valence-corrected chi connectivity index (χ3v) is 2.62. The third-order valence-electron chi connectivity index (χ3n) is 1.34. The van der Waals surface area contributed by atoms with Crippen molar-refractivity contribution < 1.29 is 0 Å². The average Bonchev–Trinajstić information content (AvgIpc) is 2.05. The van der Waals surface area contributed by atoms with Crippen LogP contribution in [0.15, 0.2) is 23.3 Å². The minimum atomic E-state index is 0.696. The van der Waals surface area contributed by atoms with E-state index in [-0.39, 0.29) is 0 Å². The van der Waals surface area contributed by atoms with Crippen LogP contribution >= 0.6 is 38.5 Å². The standard InChI is InChI=1S/C7H5BrIN3/c8-4-5-1-2-6(9)3-7(5)11-12-10/h1-3H,4H2. The highest BCUT2D eigenvalue weighted by Gasteiger charge is 1.98. The van der Waals surface area contributed by atoms with Gasteiger partial charge in [0.15, 0.2) is 0 Å². The van der Waals surface area contributed by atoms with Crippen molar-refractivity contribution in [2.75, 3.05) is 0 Å². The van der Waals surface area contributed by atoms with Gasteiger partial charge in [-0.2, -0.15) is 0 Å². The average molecular weight is 338 g/mol. The summed E-state index contributed by atoms with van der Waals surface area (Å²) in [6, 6.07) is 5.78. The maximum atomic E-state index is 8.27. The van der Waals surface area contributed by atoms with Gasteiger partial charge in [-0.25, -0.2) is 0 Å². The van der Waals surface area contributed by atoms with Crippen molar-refractivity contribution in [3.8, 4) is 0 Å². The Bertz CT molecular complexity index is 333. The van der Waals surface area contributed by atoms with Crippen LogP contribution in [0.25, 0.3) is 10.4 Å². The van der Waals surface area contributed by atoms with Crippen LogP contribution in [0.5, 0.6) is 0 Å². The highest BCUT2D eigenvalue weighted by atomic mass is 127. The molecule has 0 saturated carbocycles. The number of hydrogen-bond donors (Lipinski definition) is 0. The van der Waals surface area contributed by atoms with Gasteiger partial charge in [-0.15, -0.1) is 0 Å². The van der Waals surface area contributed by atoms with E-state index in [4.69, 9.17) is 5.53 Å². The summed E-state index contributed by atoms with van der Waals surface area (Å²) in [5, 5.41) is 4.29. The molecule has 0 aromatic heterocycles. The second kappa shape index (κ2) is 4.69. The van der Waals surface area contributed by atoms with Gasteiger partial charge in [0.25, 0.3) is 0 Å². The lowest BCUT2D eigenvalue weighted by molar-refractivity contribution is 1.35. The maximum Gasteiger partial charge on any atom is 0.0426 e. The Morgan fingerprint density at radius 2 is 2.33 bits per heavy atom. The first-order valence-corrected chi connectivity index (χ1v) is 5.37. The van der Waals surface area contributed by atoms with E-state index < -0.39 is 0 Å². The first kappa shape index (κ1) is 9.83. The van der Waals surface area contributed by atoms with Crippen LogP contribution in [-0.2, 0) is 5.33 Å². The predicted molar refractivity (Wildman–Crippen MR) is 60.6 cm³/mol. The number of nitrogens with zero attached hydrogens (tertiary/aromatic N) is 3. The molecule has 0 aliphatic heterocycles. The van der Waals surface area contributed by atoms with Crippen molar-refractivity contribution in [3.05, 3.63) is 37.8 Å². The van der Waals surface area contributed by atoms with Crippen LogP contribution in [0.4, 0.5) is 5.69 Å². The van der Waals surface area contributed by atoms with Crippen LogP contribution in [-0.4, -0.2) is 0 Å². The fourth-order valence-electron chi connectivity index (χ4n) is 0.791. The SMILES string of the molecule is [N-]=[N+]=Nc1cc(I)ccc1CBr. The Kier molecular flexibility index (Phi) is 3.84. The molecule has 1 rings (SSSR count). The molecule has 0 atom stereocenters. The maximum absolute atomic E-state index is 8.27. The van der Waals surface area contributed by atoms with Crippen molar-refractivity contribution in [1.29, 1.82) is 0 Å². The summed E-state index contributed by atoms with van der Waals surface area (Å²) in [4.78, 5) is 2.76. The molecule has 12 heavy (non-hydrogen) atoms. The molecule has 5 heteroatoms. The molecule has 1 aromatic rings. The number of hydrogen-bond acceptors (Lipinski definition) is 1. The lowest BCUT2D eigenvalue weighted by atomic mass is 10.2. The Labute approximate surface area is 92.1 Å². The fourth-order valence-corrected chi connectivity index (χ4v) is 1.74. The molecule has 0 N–H and O–H groups in total. The van der Waals surface area contributed by atoms with Gasteiger partial charge >= 0.3 is 0 Å². The second-order valence-corrected chi connectivity index (χ2v) is 3.90. The van der Waals surface area contributed by atoms with Gasteiger partial charge in [0, 0.05) is 19.5 Å². The minimum Gasteiger partial charge on any atom is -0.0876 e. The van der Waals surface area contributed by atoms with Gasteiger partial charge in [0.2, 0.25) is 0 Å². The normalized spacial score (nSPS) is 9.17. The Morgan fingerprint density at radius 1 is 1.58 bits per heavy atom. The van der Waals surface area contributed by atoms with Gasteiger partial charge in [0.05, 0.1) is 0 Å². The predicted octanol–water partition coefficient (Wildman–Crippen LogP) is 4.13. The van der Waals surface area contributed by atoms with E-state index in [1.165, 1.54) is 0 Å². The van der Waals surface area contributed by atoms with Crippen molar-refractivity contribution in [1.82, 2.24) is 0 Å². The van der Waals surface area contributed by atoms with Gasteiger partial charge in [0.1, 0.15) is 0 Å². The Balaban J connectivity index is 3.20. The third kappa shape index (κ3) is 2.36. The molecule has 1 aromatic carbocycles. The van der Waals surface area contributed by atoms with E-state index in [1.807, 2.05) is 18.2 Å².